The van der Waals surface area contributed by atoms with Crippen LogP contribution >= 0.6 is 0 Å². The van der Waals surface area contributed by atoms with Gasteiger partial charge in [-0.15, -0.1) is 0 Å². The van der Waals surface area contributed by atoms with Gasteiger partial charge in [0.1, 0.15) is 5.69 Å². The summed E-state index contributed by atoms with van der Waals surface area (Å²) in [7, 11) is 1.33. The monoisotopic (exact) mass is 266 g/mol. The fourth-order valence-electron chi connectivity index (χ4n) is 1.84. The Morgan fingerprint density at radius 2 is 1.89 bits per heavy atom. The van der Waals surface area contributed by atoms with E-state index in [0.29, 0.717) is 22.5 Å². The second kappa shape index (κ2) is 5.47. The van der Waals surface area contributed by atoms with Crippen molar-refractivity contribution < 1.29 is 14.3 Å². The number of carbonyl (C=O) groups excluding carboxylic acids is 2. The van der Waals surface area contributed by atoms with Crippen LogP contribution in [0.15, 0.2) is 0 Å². The Kier molecular flexibility index (Phi) is 4.39. The first-order valence-electron chi connectivity index (χ1n) is 6.33. The van der Waals surface area contributed by atoms with Crippen LogP contribution in [0.4, 0.5) is 0 Å². The molecule has 106 valence electrons. The zero-order valence-electron chi connectivity index (χ0n) is 12.4. The van der Waals surface area contributed by atoms with Gasteiger partial charge in [0.15, 0.2) is 0 Å². The van der Waals surface area contributed by atoms with Crippen molar-refractivity contribution in [2.75, 3.05) is 7.11 Å². The molecular formula is C14H22N2O3. The van der Waals surface area contributed by atoms with Gasteiger partial charge >= 0.3 is 5.97 Å². The van der Waals surface area contributed by atoms with Gasteiger partial charge < -0.3 is 15.0 Å². The maximum Gasteiger partial charge on any atom is 0.339 e. The van der Waals surface area contributed by atoms with Crippen molar-refractivity contribution in [1.82, 2.24) is 10.3 Å². The zero-order valence-corrected chi connectivity index (χ0v) is 12.4. The number of nitrogens with one attached hydrogen (secondary N) is 2. The number of H-pyrrole nitrogens is 1. The smallest absolute Gasteiger partial charge is 0.339 e. The first-order chi connectivity index (χ1) is 8.73. The van der Waals surface area contributed by atoms with Crippen LogP contribution in [0, 0.1) is 13.8 Å². The van der Waals surface area contributed by atoms with Gasteiger partial charge in [0.2, 0.25) is 0 Å². The van der Waals surface area contributed by atoms with Gasteiger partial charge in [-0.1, -0.05) is 6.92 Å². The van der Waals surface area contributed by atoms with Gasteiger partial charge in [0.05, 0.1) is 12.7 Å². The van der Waals surface area contributed by atoms with E-state index in [1.807, 2.05) is 20.8 Å². The Labute approximate surface area is 113 Å². The first-order valence-corrected chi connectivity index (χ1v) is 6.33. The summed E-state index contributed by atoms with van der Waals surface area (Å²) in [6, 6.07) is 0. The molecule has 5 heteroatoms. The van der Waals surface area contributed by atoms with Crippen molar-refractivity contribution in [2.45, 2.75) is 46.6 Å². The lowest BCUT2D eigenvalue weighted by Gasteiger charge is -2.24. The molecule has 5 nitrogen and oxygen atoms in total. The Balaban J connectivity index is 3.10. The van der Waals surface area contributed by atoms with E-state index >= 15 is 0 Å². The molecule has 1 heterocycles. The average molecular weight is 266 g/mol. The molecule has 0 saturated heterocycles. The van der Waals surface area contributed by atoms with Crippen molar-refractivity contribution in [3.8, 4) is 0 Å². The third kappa shape index (κ3) is 3.16. The molecule has 0 aliphatic rings. The van der Waals surface area contributed by atoms with E-state index in [1.165, 1.54) is 7.11 Å². The van der Waals surface area contributed by atoms with E-state index in [2.05, 4.69) is 10.3 Å². The van der Waals surface area contributed by atoms with E-state index in [0.717, 1.165) is 6.42 Å². The number of hydrogen-bond donors (Lipinski definition) is 2. The van der Waals surface area contributed by atoms with E-state index in [4.69, 9.17) is 4.74 Å². The van der Waals surface area contributed by atoms with Gasteiger partial charge in [-0.3, -0.25) is 4.79 Å². The molecule has 1 rings (SSSR count). The number of esters is 1. The molecule has 0 fully saturated rings. The van der Waals surface area contributed by atoms with Crippen LogP contribution in [0.25, 0.3) is 0 Å². The molecule has 0 aliphatic heterocycles. The second-order valence-corrected chi connectivity index (χ2v) is 5.31. The molecule has 0 aromatic carbocycles. The molecule has 1 amide bonds. The molecule has 0 saturated carbocycles. The van der Waals surface area contributed by atoms with Crippen molar-refractivity contribution in [3.05, 3.63) is 22.5 Å². The van der Waals surface area contributed by atoms with E-state index in [1.54, 1.807) is 13.8 Å². The maximum atomic E-state index is 12.2. The lowest BCUT2D eigenvalue weighted by molar-refractivity contribution is 0.0599. The van der Waals surface area contributed by atoms with Crippen molar-refractivity contribution in [3.63, 3.8) is 0 Å². The zero-order chi connectivity index (χ0) is 14.8. The quantitative estimate of drug-likeness (QED) is 0.822. The predicted octanol–water partition coefficient (Wildman–Crippen LogP) is 2.34. The molecule has 1 aromatic heterocycles. The Morgan fingerprint density at radius 1 is 1.32 bits per heavy atom. The third-order valence-corrected chi connectivity index (χ3v) is 3.39. The highest BCUT2D eigenvalue weighted by molar-refractivity contribution is 6.00. The number of hydrogen-bond acceptors (Lipinski definition) is 3. The van der Waals surface area contributed by atoms with E-state index in [-0.39, 0.29) is 11.4 Å². The standard InChI is InChI=1S/C14H22N2O3/c1-7-14(4,5)16-12(17)11-8(2)10(9(3)15-11)13(18)19-6/h15H,7H2,1-6H3,(H,16,17). The lowest BCUT2D eigenvalue weighted by atomic mass is 10.0. The minimum atomic E-state index is -0.431. The molecule has 0 aliphatic carbocycles. The molecule has 19 heavy (non-hydrogen) atoms. The normalized spacial score (nSPS) is 11.3. The number of carbonyl (C=O) groups is 2. The van der Waals surface area contributed by atoms with Crippen LogP contribution in [-0.2, 0) is 4.74 Å². The Bertz CT molecular complexity index is 501. The maximum absolute atomic E-state index is 12.2. The van der Waals surface area contributed by atoms with Gasteiger partial charge in [-0.05, 0) is 39.7 Å². The number of aromatic amines is 1. The van der Waals surface area contributed by atoms with Crippen LogP contribution in [-0.4, -0.2) is 29.5 Å². The van der Waals surface area contributed by atoms with Crippen LogP contribution in [0.2, 0.25) is 0 Å². The number of aryl methyl sites for hydroxylation is 1. The number of aromatic nitrogens is 1. The molecule has 0 radical (unpaired) electrons. The topological polar surface area (TPSA) is 71.2 Å². The summed E-state index contributed by atoms with van der Waals surface area (Å²) < 4.78 is 4.72. The second-order valence-electron chi connectivity index (χ2n) is 5.31. The highest BCUT2D eigenvalue weighted by atomic mass is 16.5. The van der Waals surface area contributed by atoms with Gasteiger partial charge in [-0.2, -0.15) is 0 Å². The summed E-state index contributed by atoms with van der Waals surface area (Å²) in [6.07, 6.45) is 0.821. The number of rotatable bonds is 4. The number of amides is 1. The fourth-order valence-corrected chi connectivity index (χ4v) is 1.84. The molecule has 0 unspecified atom stereocenters. The minimum Gasteiger partial charge on any atom is -0.465 e. The fraction of sp³-hybridized carbons (Fsp3) is 0.571. The van der Waals surface area contributed by atoms with Crippen LogP contribution < -0.4 is 5.32 Å². The van der Waals surface area contributed by atoms with Gasteiger partial charge in [0, 0.05) is 11.2 Å². The molecule has 0 spiro atoms. The van der Waals surface area contributed by atoms with Crippen molar-refractivity contribution >= 4 is 11.9 Å². The summed E-state index contributed by atoms with van der Waals surface area (Å²) in [5, 5.41) is 2.94. The van der Waals surface area contributed by atoms with Crippen molar-refractivity contribution in [2.24, 2.45) is 0 Å². The highest BCUT2D eigenvalue weighted by Gasteiger charge is 2.25. The summed E-state index contributed by atoms with van der Waals surface area (Å²) in [4.78, 5) is 26.8. The van der Waals surface area contributed by atoms with Crippen LogP contribution in [0.1, 0.15) is 59.3 Å². The minimum absolute atomic E-state index is 0.206. The molecule has 0 bridgehead atoms. The third-order valence-electron chi connectivity index (χ3n) is 3.39. The molecule has 2 N–H and O–H groups in total. The molecule has 0 atom stereocenters. The van der Waals surface area contributed by atoms with Crippen LogP contribution in [0.3, 0.4) is 0 Å². The first kappa shape index (κ1) is 15.3. The van der Waals surface area contributed by atoms with Gasteiger partial charge in [-0.25, -0.2) is 4.79 Å². The van der Waals surface area contributed by atoms with Crippen molar-refractivity contribution in [1.29, 1.82) is 0 Å². The molecular weight excluding hydrogens is 244 g/mol. The van der Waals surface area contributed by atoms with E-state index in [9.17, 15) is 9.59 Å². The lowest BCUT2D eigenvalue weighted by Crippen LogP contribution is -2.43. The Morgan fingerprint density at radius 3 is 2.37 bits per heavy atom. The summed E-state index contributed by atoms with van der Waals surface area (Å²) >= 11 is 0. The predicted molar refractivity (Wildman–Crippen MR) is 73.4 cm³/mol. The number of ether oxygens (including phenoxy) is 1. The summed E-state index contributed by atoms with van der Waals surface area (Å²) in [5.74, 6) is -0.636. The summed E-state index contributed by atoms with van der Waals surface area (Å²) in [6.45, 7) is 9.41. The molecule has 1 aromatic rings. The highest BCUT2D eigenvalue weighted by Crippen LogP contribution is 2.19. The number of methoxy groups -OCH3 is 1. The largest absolute Gasteiger partial charge is 0.465 e. The SMILES string of the molecule is CCC(C)(C)NC(=O)c1[nH]c(C)c(C(=O)OC)c1C. The summed E-state index contributed by atoms with van der Waals surface area (Å²) in [5.41, 5.74) is 1.83. The van der Waals surface area contributed by atoms with E-state index < -0.39 is 5.97 Å². The van der Waals surface area contributed by atoms with Gasteiger partial charge in [0.25, 0.3) is 5.91 Å². The average Bonchev–Trinajstić information content (AvgIpc) is 2.63. The Hall–Kier alpha value is -1.78. The van der Waals surface area contributed by atoms with Crippen LogP contribution in [0.5, 0.6) is 0 Å².